The number of aromatic nitrogens is 6. The standard InChI is InChI=1S/C20H20N6O/c1-25-16(12-17(23-25)13-7-8-13)10-9-15-11-18(27)26-20(21-15)22-19(24-26)14-5-3-2-4-6-14/h2-6,11-13H,7-10H2,1H3,(H,21,22,24). The molecule has 7 heteroatoms. The highest BCUT2D eigenvalue weighted by molar-refractivity contribution is 5.56. The molecule has 1 aliphatic carbocycles. The van der Waals surface area contributed by atoms with Crippen LogP contribution in [0.2, 0.25) is 0 Å². The smallest absolute Gasteiger partial charge is 0.272 e. The van der Waals surface area contributed by atoms with Crippen molar-refractivity contribution < 1.29 is 0 Å². The second kappa shape index (κ2) is 6.19. The van der Waals surface area contributed by atoms with Gasteiger partial charge in [0.25, 0.3) is 11.3 Å². The van der Waals surface area contributed by atoms with Crippen LogP contribution in [0.15, 0.2) is 47.3 Å². The van der Waals surface area contributed by atoms with E-state index >= 15 is 0 Å². The van der Waals surface area contributed by atoms with Crippen LogP contribution in [0, 0.1) is 0 Å². The Morgan fingerprint density at radius 1 is 1.11 bits per heavy atom. The number of aromatic amines is 1. The summed E-state index contributed by atoms with van der Waals surface area (Å²) in [5.74, 6) is 1.68. The van der Waals surface area contributed by atoms with E-state index in [1.54, 1.807) is 6.07 Å². The number of H-pyrrole nitrogens is 1. The van der Waals surface area contributed by atoms with E-state index in [9.17, 15) is 4.79 Å². The van der Waals surface area contributed by atoms with Crippen LogP contribution in [0.4, 0.5) is 0 Å². The quantitative estimate of drug-likeness (QED) is 0.593. The van der Waals surface area contributed by atoms with Gasteiger partial charge in [0.05, 0.1) is 11.4 Å². The summed E-state index contributed by atoms with van der Waals surface area (Å²) >= 11 is 0. The minimum atomic E-state index is -0.145. The lowest BCUT2D eigenvalue weighted by molar-refractivity contribution is 0.687. The van der Waals surface area contributed by atoms with Crippen LogP contribution in [0.1, 0.15) is 35.8 Å². The Labute approximate surface area is 155 Å². The molecule has 0 radical (unpaired) electrons. The fourth-order valence-electron chi connectivity index (χ4n) is 3.38. The van der Waals surface area contributed by atoms with Gasteiger partial charge in [-0.3, -0.25) is 14.6 Å². The highest BCUT2D eigenvalue weighted by Crippen LogP contribution is 2.39. The van der Waals surface area contributed by atoms with Gasteiger partial charge < -0.3 is 0 Å². The molecule has 1 saturated carbocycles. The van der Waals surface area contributed by atoms with Gasteiger partial charge in [-0.2, -0.15) is 14.6 Å². The van der Waals surface area contributed by atoms with E-state index in [0.717, 1.165) is 17.7 Å². The van der Waals surface area contributed by atoms with Crippen LogP contribution < -0.4 is 5.56 Å². The van der Waals surface area contributed by atoms with Gasteiger partial charge in [0.1, 0.15) is 0 Å². The predicted molar refractivity (Wildman–Crippen MR) is 102 cm³/mol. The van der Waals surface area contributed by atoms with Crippen LogP contribution in [-0.2, 0) is 19.9 Å². The Morgan fingerprint density at radius 2 is 1.93 bits per heavy atom. The lowest BCUT2D eigenvalue weighted by Crippen LogP contribution is -2.16. The number of nitrogens with one attached hydrogen (secondary N) is 1. The number of benzene rings is 1. The van der Waals surface area contributed by atoms with Gasteiger partial charge in [-0.05, 0) is 31.7 Å². The van der Waals surface area contributed by atoms with Crippen molar-refractivity contribution in [3.8, 4) is 11.4 Å². The van der Waals surface area contributed by atoms with Crippen molar-refractivity contribution in [2.75, 3.05) is 0 Å². The molecule has 4 aromatic rings. The third kappa shape index (κ3) is 3.05. The molecular formula is C20H20N6O. The molecule has 3 heterocycles. The molecule has 0 saturated heterocycles. The van der Waals surface area contributed by atoms with Gasteiger partial charge in [0, 0.05) is 30.3 Å². The fraction of sp³-hybridized carbons (Fsp3) is 0.300. The Balaban J connectivity index is 1.41. The summed E-state index contributed by atoms with van der Waals surface area (Å²) in [5, 5.41) is 7.63. The zero-order valence-electron chi connectivity index (χ0n) is 15.1. The van der Waals surface area contributed by atoms with E-state index in [4.69, 9.17) is 0 Å². The third-order valence-corrected chi connectivity index (χ3v) is 5.06. The molecule has 0 amide bonds. The summed E-state index contributed by atoms with van der Waals surface area (Å²) < 4.78 is 3.34. The Morgan fingerprint density at radius 3 is 2.70 bits per heavy atom. The molecule has 7 nitrogen and oxygen atoms in total. The zero-order chi connectivity index (χ0) is 18.4. The molecule has 1 N–H and O–H groups in total. The minimum absolute atomic E-state index is 0.145. The number of aryl methyl sites for hydroxylation is 3. The molecular weight excluding hydrogens is 340 g/mol. The van der Waals surface area contributed by atoms with E-state index < -0.39 is 0 Å². The van der Waals surface area contributed by atoms with Crippen molar-refractivity contribution in [1.82, 2.24) is 29.4 Å². The van der Waals surface area contributed by atoms with Crippen molar-refractivity contribution in [2.45, 2.75) is 31.6 Å². The van der Waals surface area contributed by atoms with Crippen LogP contribution in [0.3, 0.4) is 0 Å². The van der Waals surface area contributed by atoms with E-state index in [2.05, 4.69) is 26.2 Å². The summed E-state index contributed by atoms with van der Waals surface area (Å²) in [5.41, 5.74) is 3.89. The van der Waals surface area contributed by atoms with Crippen LogP contribution >= 0.6 is 0 Å². The molecule has 3 aromatic heterocycles. The van der Waals surface area contributed by atoms with E-state index in [1.165, 1.54) is 28.7 Å². The fourth-order valence-corrected chi connectivity index (χ4v) is 3.38. The van der Waals surface area contributed by atoms with E-state index in [1.807, 2.05) is 42.1 Å². The summed E-state index contributed by atoms with van der Waals surface area (Å²) in [6.07, 6.45) is 3.97. The molecule has 136 valence electrons. The SMILES string of the molecule is Cn1nc(C2CC2)cc1CCc1cc(=O)n2[nH]c(-c3ccccc3)nc2n1. The molecule has 5 rings (SSSR count). The molecule has 0 spiro atoms. The van der Waals surface area contributed by atoms with Crippen LogP contribution in [0.5, 0.6) is 0 Å². The topological polar surface area (TPSA) is 80.9 Å². The van der Waals surface area contributed by atoms with Gasteiger partial charge in [-0.15, -0.1) is 0 Å². The van der Waals surface area contributed by atoms with E-state index in [0.29, 0.717) is 23.9 Å². The van der Waals surface area contributed by atoms with Crippen molar-refractivity contribution in [1.29, 1.82) is 0 Å². The molecule has 0 bridgehead atoms. The van der Waals surface area contributed by atoms with Gasteiger partial charge >= 0.3 is 0 Å². The number of rotatable bonds is 5. The lowest BCUT2D eigenvalue weighted by atomic mass is 10.1. The molecule has 27 heavy (non-hydrogen) atoms. The van der Waals surface area contributed by atoms with Crippen molar-refractivity contribution in [3.63, 3.8) is 0 Å². The first-order chi connectivity index (χ1) is 13.2. The minimum Gasteiger partial charge on any atom is -0.272 e. The van der Waals surface area contributed by atoms with Gasteiger partial charge in [-0.25, -0.2) is 4.98 Å². The monoisotopic (exact) mass is 360 g/mol. The molecule has 1 aliphatic rings. The maximum absolute atomic E-state index is 12.5. The summed E-state index contributed by atoms with van der Waals surface area (Å²) in [6, 6.07) is 13.5. The largest absolute Gasteiger partial charge is 0.274 e. The summed E-state index contributed by atoms with van der Waals surface area (Å²) in [6.45, 7) is 0. The Bertz CT molecular complexity index is 1170. The number of nitrogens with zero attached hydrogens (tertiary/aromatic N) is 5. The third-order valence-electron chi connectivity index (χ3n) is 5.06. The van der Waals surface area contributed by atoms with Crippen molar-refractivity contribution >= 4 is 5.78 Å². The lowest BCUT2D eigenvalue weighted by Gasteiger charge is -2.01. The average Bonchev–Trinajstić information content (AvgIpc) is 3.33. The van der Waals surface area contributed by atoms with Crippen LogP contribution in [0.25, 0.3) is 17.2 Å². The van der Waals surface area contributed by atoms with E-state index in [-0.39, 0.29) is 5.56 Å². The van der Waals surface area contributed by atoms with Gasteiger partial charge in [-0.1, -0.05) is 30.3 Å². The zero-order valence-corrected chi connectivity index (χ0v) is 15.1. The normalized spacial score (nSPS) is 14.1. The second-order valence-electron chi connectivity index (χ2n) is 7.12. The maximum atomic E-state index is 12.5. The van der Waals surface area contributed by atoms with Gasteiger partial charge in [0.15, 0.2) is 5.82 Å². The first-order valence-corrected chi connectivity index (χ1v) is 9.24. The number of hydrogen-bond donors (Lipinski definition) is 1. The molecule has 1 fully saturated rings. The van der Waals surface area contributed by atoms with Crippen LogP contribution in [-0.4, -0.2) is 29.4 Å². The van der Waals surface area contributed by atoms with Crippen molar-refractivity contribution in [2.24, 2.45) is 7.05 Å². The first kappa shape index (κ1) is 16.0. The Kier molecular flexibility index (Phi) is 3.67. The van der Waals surface area contributed by atoms with Gasteiger partial charge in [0.2, 0.25) is 0 Å². The summed E-state index contributed by atoms with van der Waals surface area (Å²) in [4.78, 5) is 21.5. The number of hydrogen-bond acceptors (Lipinski definition) is 4. The molecule has 0 aliphatic heterocycles. The second-order valence-corrected chi connectivity index (χ2v) is 7.12. The molecule has 0 atom stereocenters. The predicted octanol–water partition coefficient (Wildman–Crippen LogP) is 2.48. The summed E-state index contributed by atoms with van der Waals surface area (Å²) in [7, 11) is 1.98. The molecule has 0 unspecified atom stereocenters. The molecule has 1 aromatic carbocycles. The van der Waals surface area contributed by atoms with Crippen molar-refractivity contribution in [3.05, 3.63) is 69.9 Å². The highest BCUT2D eigenvalue weighted by atomic mass is 16.1. The maximum Gasteiger partial charge on any atom is 0.274 e. The number of fused-ring (bicyclic) bond motifs is 1. The highest BCUT2D eigenvalue weighted by Gasteiger charge is 2.26. The average molecular weight is 360 g/mol. The first-order valence-electron chi connectivity index (χ1n) is 9.24. The Hall–Kier alpha value is -3.22.